The van der Waals surface area contributed by atoms with E-state index in [-0.39, 0.29) is 12.0 Å². The van der Waals surface area contributed by atoms with Gasteiger partial charge in [-0.2, -0.15) is 0 Å². The van der Waals surface area contributed by atoms with E-state index < -0.39 is 6.10 Å². The summed E-state index contributed by atoms with van der Waals surface area (Å²) in [6.45, 7) is 4.96. The van der Waals surface area contributed by atoms with Crippen LogP contribution in [0.25, 0.3) is 0 Å². The lowest BCUT2D eigenvalue weighted by Gasteiger charge is -2.31. The summed E-state index contributed by atoms with van der Waals surface area (Å²) >= 11 is 0. The Kier molecular flexibility index (Phi) is 6.63. The maximum Gasteiger partial charge on any atom is 0.265 e. The lowest BCUT2D eigenvalue weighted by Crippen LogP contribution is -2.48. The van der Waals surface area contributed by atoms with Crippen molar-refractivity contribution < 1.29 is 23.7 Å². The summed E-state index contributed by atoms with van der Waals surface area (Å²) in [6, 6.07) is 13.0. The molecule has 0 aromatic heterocycles. The molecule has 1 heterocycles. The number of amides is 1. The molecule has 1 aliphatic rings. The van der Waals surface area contributed by atoms with Crippen LogP contribution in [0.4, 0.5) is 0 Å². The molecule has 1 N–H and O–H groups in total. The number of methoxy groups -OCH3 is 1. The first kappa shape index (κ1) is 19.9. The maximum absolute atomic E-state index is 12.6. The van der Waals surface area contributed by atoms with Crippen molar-refractivity contribution in [3.05, 3.63) is 48.0 Å². The summed E-state index contributed by atoms with van der Waals surface area (Å²) in [5.74, 6) is 2.38. The number of ether oxygens (including phenoxy) is 4. The molecule has 0 saturated heterocycles. The van der Waals surface area contributed by atoms with Crippen LogP contribution in [0.3, 0.4) is 0 Å². The molecule has 2 unspecified atom stereocenters. The molecule has 0 spiro atoms. The lowest BCUT2D eigenvalue weighted by molar-refractivity contribution is -0.133. The number of rotatable bonds is 8. The fraction of sp³-hybridized carbons (Fsp3) is 0.409. The van der Waals surface area contributed by atoms with Crippen molar-refractivity contribution in [1.82, 2.24) is 5.32 Å². The van der Waals surface area contributed by atoms with Gasteiger partial charge in [-0.3, -0.25) is 4.79 Å². The zero-order valence-corrected chi connectivity index (χ0v) is 16.6. The topological polar surface area (TPSA) is 66.0 Å². The van der Waals surface area contributed by atoms with Gasteiger partial charge in [0, 0.05) is 6.54 Å². The second-order valence-corrected chi connectivity index (χ2v) is 6.71. The van der Waals surface area contributed by atoms with Gasteiger partial charge >= 0.3 is 0 Å². The Bertz CT molecular complexity index is 807. The van der Waals surface area contributed by atoms with Crippen molar-refractivity contribution in [3.63, 3.8) is 0 Å². The van der Waals surface area contributed by atoms with Gasteiger partial charge in [0.2, 0.25) is 6.10 Å². The first-order valence-electron chi connectivity index (χ1n) is 9.62. The zero-order chi connectivity index (χ0) is 19.9. The molecule has 2 aromatic carbocycles. The molecule has 6 heteroatoms. The predicted octanol–water partition coefficient (Wildman–Crippen LogP) is 3.72. The average molecular weight is 385 g/mol. The van der Waals surface area contributed by atoms with E-state index in [0.29, 0.717) is 36.1 Å². The molecule has 6 nitrogen and oxygen atoms in total. The highest BCUT2D eigenvalue weighted by atomic mass is 16.6. The van der Waals surface area contributed by atoms with Crippen molar-refractivity contribution in [1.29, 1.82) is 0 Å². The number of carbonyl (C=O) groups is 1. The van der Waals surface area contributed by atoms with Crippen LogP contribution < -0.4 is 24.3 Å². The number of benzene rings is 2. The molecule has 2 atom stereocenters. The van der Waals surface area contributed by atoms with Crippen LogP contribution in [0.1, 0.15) is 32.3 Å². The third-order valence-electron chi connectivity index (χ3n) is 4.55. The number of nitrogens with one attached hydrogen (secondary N) is 1. The summed E-state index contributed by atoms with van der Waals surface area (Å²) < 4.78 is 22.8. The van der Waals surface area contributed by atoms with E-state index in [9.17, 15) is 4.79 Å². The molecule has 0 aliphatic carbocycles. The zero-order valence-electron chi connectivity index (χ0n) is 16.6. The van der Waals surface area contributed by atoms with Crippen molar-refractivity contribution in [2.24, 2.45) is 0 Å². The molecule has 0 bridgehead atoms. The minimum Gasteiger partial charge on any atom is -0.493 e. The standard InChI is InChI=1S/C22H27NO5/c1-4-5-12-26-17-11-10-16(13-20(17)25-3)14-23-22(24)21-15(2)27-18-8-6-7-9-19(18)28-21/h6-11,13,15,21H,4-5,12,14H2,1-3H3,(H,23,24). The number of para-hydroxylation sites is 2. The molecule has 1 aliphatic heterocycles. The van der Waals surface area contributed by atoms with E-state index in [1.807, 2.05) is 43.3 Å². The summed E-state index contributed by atoms with van der Waals surface area (Å²) in [5, 5.41) is 2.91. The minimum atomic E-state index is -0.701. The Morgan fingerprint density at radius 1 is 1.11 bits per heavy atom. The summed E-state index contributed by atoms with van der Waals surface area (Å²) in [6.07, 6.45) is 0.987. The van der Waals surface area contributed by atoms with Crippen LogP contribution in [0.15, 0.2) is 42.5 Å². The van der Waals surface area contributed by atoms with Gasteiger partial charge in [-0.1, -0.05) is 31.5 Å². The highest BCUT2D eigenvalue weighted by Gasteiger charge is 2.33. The number of hydrogen-bond donors (Lipinski definition) is 1. The highest BCUT2D eigenvalue weighted by molar-refractivity contribution is 5.82. The van der Waals surface area contributed by atoms with Crippen LogP contribution in [-0.2, 0) is 11.3 Å². The molecule has 0 fully saturated rings. The third-order valence-corrected chi connectivity index (χ3v) is 4.55. The van der Waals surface area contributed by atoms with E-state index in [1.165, 1.54) is 0 Å². The van der Waals surface area contributed by atoms with E-state index in [4.69, 9.17) is 18.9 Å². The Balaban J connectivity index is 1.60. The largest absolute Gasteiger partial charge is 0.493 e. The van der Waals surface area contributed by atoms with E-state index in [2.05, 4.69) is 12.2 Å². The van der Waals surface area contributed by atoms with Gasteiger partial charge in [-0.05, 0) is 43.2 Å². The van der Waals surface area contributed by atoms with Crippen LogP contribution >= 0.6 is 0 Å². The smallest absolute Gasteiger partial charge is 0.265 e. The summed E-state index contributed by atoms with van der Waals surface area (Å²) in [7, 11) is 1.61. The minimum absolute atomic E-state index is 0.218. The van der Waals surface area contributed by atoms with Crippen molar-refractivity contribution in [2.45, 2.75) is 45.4 Å². The van der Waals surface area contributed by atoms with E-state index >= 15 is 0 Å². The number of carbonyl (C=O) groups excluding carboxylic acids is 1. The number of unbranched alkanes of at least 4 members (excludes halogenated alkanes) is 1. The Morgan fingerprint density at radius 2 is 1.86 bits per heavy atom. The van der Waals surface area contributed by atoms with Crippen LogP contribution in [0.5, 0.6) is 23.0 Å². The quantitative estimate of drug-likeness (QED) is 0.702. The van der Waals surface area contributed by atoms with Gasteiger partial charge in [-0.15, -0.1) is 0 Å². The molecule has 28 heavy (non-hydrogen) atoms. The molecule has 0 radical (unpaired) electrons. The fourth-order valence-corrected chi connectivity index (χ4v) is 2.96. The second kappa shape index (κ2) is 9.35. The molecule has 150 valence electrons. The number of fused-ring (bicyclic) bond motifs is 1. The van der Waals surface area contributed by atoms with E-state index in [0.717, 1.165) is 18.4 Å². The monoisotopic (exact) mass is 385 g/mol. The number of hydrogen-bond acceptors (Lipinski definition) is 5. The van der Waals surface area contributed by atoms with Crippen LogP contribution in [-0.4, -0.2) is 31.8 Å². The van der Waals surface area contributed by atoms with Gasteiger partial charge in [0.25, 0.3) is 5.91 Å². The summed E-state index contributed by atoms with van der Waals surface area (Å²) in [4.78, 5) is 12.6. The Morgan fingerprint density at radius 3 is 2.57 bits per heavy atom. The molecule has 2 aromatic rings. The Hall–Kier alpha value is -2.89. The first-order chi connectivity index (χ1) is 13.6. The van der Waals surface area contributed by atoms with E-state index in [1.54, 1.807) is 13.2 Å². The average Bonchev–Trinajstić information content (AvgIpc) is 2.72. The van der Waals surface area contributed by atoms with Crippen LogP contribution in [0.2, 0.25) is 0 Å². The SMILES string of the molecule is CCCCOc1ccc(CNC(=O)C2Oc3ccccc3OC2C)cc1OC. The van der Waals surface area contributed by atoms with Crippen molar-refractivity contribution in [2.75, 3.05) is 13.7 Å². The van der Waals surface area contributed by atoms with Gasteiger partial charge in [0.05, 0.1) is 13.7 Å². The van der Waals surface area contributed by atoms with Gasteiger partial charge in [0.1, 0.15) is 6.10 Å². The third kappa shape index (κ3) is 4.68. The van der Waals surface area contributed by atoms with Crippen LogP contribution in [0, 0.1) is 0 Å². The molecular weight excluding hydrogens is 358 g/mol. The highest BCUT2D eigenvalue weighted by Crippen LogP contribution is 2.33. The molecule has 0 saturated carbocycles. The lowest BCUT2D eigenvalue weighted by atomic mass is 10.1. The van der Waals surface area contributed by atoms with Gasteiger partial charge in [-0.25, -0.2) is 0 Å². The maximum atomic E-state index is 12.6. The Labute approximate surface area is 165 Å². The fourth-order valence-electron chi connectivity index (χ4n) is 2.96. The van der Waals surface area contributed by atoms with Gasteiger partial charge < -0.3 is 24.3 Å². The van der Waals surface area contributed by atoms with Crippen molar-refractivity contribution >= 4 is 5.91 Å². The normalized spacial score (nSPS) is 17.7. The molecule has 3 rings (SSSR count). The van der Waals surface area contributed by atoms with Crippen molar-refractivity contribution in [3.8, 4) is 23.0 Å². The predicted molar refractivity (Wildman–Crippen MR) is 106 cm³/mol. The first-order valence-corrected chi connectivity index (χ1v) is 9.62. The molecular formula is C22H27NO5. The van der Waals surface area contributed by atoms with Gasteiger partial charge in [0.15, 0.2) is 23.0 Å². The second-order valence-electron chi connectivity index (χ2n) is 6.71. The summed E-state index contributed by atoms with van der Waals surface area (Å²) in [5.41, 5.74) is 0.915. The molecule has 1 amide bonds.